The van der Waals surface area contributed by atoms with Crippen LogP contribution in [0.25, 0.3) is 11.3 Å². The zero-order valence-electron chi connectivity index (χ0n) is 18.6. The number of anilines is 2. The molecule has 4 aromatic rings. The van der Waals surface area contributed by atoms with Gasteiger partial charge in [0.1, 0.15) is 0 Å². The predicted molar refractivity (Wildman–Crippen MR) is 140 cm³/mol. The third-order valence-electron chi connectivity index (χ3n) is 4.90. The Morgan fingerprint density at radius 2 is 1.62 bits per heavy atom. The lowest BCUT2D eigenvalue weighted by atomic mass is 10.1. The van der Waals surface area contributed by atoms with E-state index in [2.05, 4.69) is 15.0 Å². The monoisotopic (exact) mass is 509 g/mol. The van der Waals surface area contributed by atoms with Crippen LogP contribution >= 0.6 is 23.1 Å². The second-order valence-corrected chi connectivity index (χ2v) is 11.5. The van der Waals surface area contributed by atoms with E-state index in [1.54, 1.807) is 54.6 Å². The zero-order valence-corrected chi connectivity index (χ0v) is 21.1. The van der Waals surface area contributed by atoms with E-state index in [9.17, 15) is 13.2 Å². The first kappa shape index (κ1) is 24.0. The molecule has 0 aliphatic carbocycles. The van der Waals surface area contributed by atoms with Crippen LogP contribution in [0.3, 0.4) is 0 Å². The smallest absolute Gasteiger partial charge is 0.261 e. The Labute approximate surface area is 207 Å². The van der Waals surface area contributed by atoms with Crippen molar-refractivity contribution in [3.05, 3.63) is 89.3 Å². The SMILES string of the molecule is Cc1ccc(-c2nc(NC(=O)CSc3ccc(NS(=O)(=O)c4ccccc4)cc3)sc2C)cc1. The second kappa shape index (κ2) is 10.4. The molecule has 34 heavy (non-hydrogen) atoms. The van der Waals surface area contributed by atoms with Crippen LogP contribution in [0.2, 0.25) is 0 Å². The van der Waals surface area contributed by atoms with E-state index < -0.39 is 10.0 Å². The first-order valence-corrected chi connectivity index (χ1v) is 13.7. The standard InChI is InChI=1S/C25H23N3O3S3/c1-17-8-10-19(11-9-17)24-18(2)33-25(27-24)26-23(29)16-32-21-14-12-20(13-15-21)28-34(30,31)22-6-4-3-5-7-22/h3-15,28H,16H2,1-2H3,(H,26,27,29). The van der Waals surface area contributed by atoms with Gasteiger partial charge in [0.25, 0.3) is 10.0 Å². The number of nitrogens with one attached hydrogen (secondary N) is 2. The number of sulfonamides is 1. The molecule has 0 aliphatic rings. The van der Waals surface area contributed by atoms with E-state index in [4.69, 9.17) is 0 Å². The van der Waals surface area contributed by atoms with Gasteiger partial charge in [-0.15, -0.1) is 23.1 Å². The van der Waals surface area contributed by atoms with Crippen molar-refractivity contribution in [2.75, 3.05) is 15.8 Å². The average molecular weight is 510 g/mol. The Hall–Kier alpha value is -3.14. The van der Waals surface area contributed by atoms with Crippen molar-refractivity contribution in [3.63, 3.8) is 0 Å². The fraction of sp³-hybridized carbons (Fsp3) is 0.120. The number of amides is 1. The molecule has 1 amide bonds. The number of carbonyl (C=O) groups excluding carboxylic acids is 1. The van der Waals surface area contributed by atoms with Gasteiger partial charge in [0.15, 0.2) is 5.13 Å². The summed E-state index contributed by atoms with van der Waals surface area (Å²) in [5.41, 5.74) is 3.54. The fourth-order valence-corrected chi connectivity index (χ4v) is 5.80. The van der Waals surface area contributed by atoms with Gasteiger partial charge in [-0.2, -0.15) is 0 Å². The molecule has 0 spiro atoms. The molecule has 0 atom stereocenters. The summed E-state index contributed by atoms with van der Waals surface area (Å²) < 4.78 is 27.4. The van der Waals surface area contributed by atoms with Crippen LogP contribution in [0.4, 0.5) is 10.8 Å². The third kappa shape index (κ3) is 6.05. The van der Waals surface area contributed by atoms with Gasteiger partial charge in [-0.3, -0.25) is 9.52 Å². The first-order chi connectivity index (χ1) is 16.3. The number of thioether (sulfide) groups is 1. The largest absolute Gasteiger partial charge is 0.301 e. The van der Waals surface area contributed by atoms with E-state index in [-0.39, 0.29) is 16.6 Å². The van der Waals surface area contributed by atoms with Crippen molar-refractivity contribution in [2.24, 2.45) is 0 Å². The Morgan fingerprint density at radius 3 is 2.29 bits per heavy atom. The highest BCUT2D eigenvalue weighted by molar-refractivity contribution is 8.00. The van der Waals surface area contributed by atoms with Gasteiger partial charge in [0.05, 0.1) is 16.3 Å². The lowest BCUT2D eigenvalue weighted by molar-refractivity contribution is -0.113. The summed E-state index contributed by atoms with van der Waals surface area (Å²) in [7, 11) is -3.64. The Kier molecular flexibility index (Phi) is 7.35. The number of thiazole rings is 1. The molecular formula is C25H23N3O3S3. The van der Waals surface area contributed by atoms with E-state index in [0.29, 0.717) is 10.8 Å². The zero-order chi connectivity index (χ0) is 24.1. The third-order valence-corrected chi connectivity index (χ3v) is 8.19. The van der Waals surface area contributed by atoms with Crippen molar-refractivity contribution >= 4 is 49.8 Å². The molecule has 1 aromatic heterocycles. The molecule has 4 rings (SSSR count). The lowest BCUT2D eigenvalue weighted by Gasteiger charge is -2.09. The second-order valence-electron chi connectivity index (χ2n) is 7.57. The topological polar surface area (TPSA) is 88.2 Å². The summed E-state index contributed by atoms with van der Waals surface area (Å²) in [4.78, 5) is 19.1. The first-order valence-electron chi connectivity index (χ1n) is 10.5. The summed E-state index contributed by atoms with van der Waals surface area (Å²) in [5, 5.41) is 3.44. The molecule has 9 heteroatoms. The quantitative estimate of drug-likeness (QED) is 0.286. The molecule has 0 saturated heterocycles. The van der Waals surface area contributed by atoms with Crippen molar-refractivity contribution in [1.82, 2.24) is 4.98 Å². The van der Waals surface area contributed by atoms with Crippen molar-refractivity contribution in [2.45, 2.75) is 23.6 Å². The summed E-state index contributed by atoms with van der Waals surface area (Å²) in [6.45, 7) is 4.03. The Bertz CT molecular complexity index is 1380. The number of hydrogen-bond donors (Lipinski definition) is 2. The van der Waals surface area contributed by atoms with Gasteiger partial charge in [0.2, 0.25) is 5.91 Å². The highest BCUT2D eigenvalue weighted by Crippen LogP contribution is 2.31. The van der Waals surface area contributed by atoms with E-state index in [1.165, 1.54) is 28.7 Å². The normalized spacial score (nSPS) is 11.2. The summed E-state index contributed by atoms with van der Waals surface area (Å²) in [6, 6.07) is 23.3. The van der Waals surface area contributed by atoms with Crippen LogP contribution in [-0.4, -0.2) is 25.1 Å². The van der Waals surface area contributed by atoms with Crippen LogP contribution in [0.15, 0.2) is 88.7 Å². The summed E-state index contributed by atoms with van der Waals surface area (Å²) >= 11 is 2.82. The van der Waals surface area contributed by atoms with E-state index in [0.717, 1.165) is 21.0 Å². The molecule has 0 radical (unpaired) electrons. The van der Waals surface area contributed by atoms with Crippen LogP contribution in [-0.2, 0) is 14.8 Å². The van der Waals surface area contributed by atoms with Crippen molar-refractivity contribution in [1.29, 1.82) is 0 Å². The number of nitrogens with zero attached hydrogens (tertiary/aromatic N) is 1. The van der Waals surface area contributed by atoms with Gasteiger partial charge in [0, 0.05) is 21.0 Å². The summed E-state index contributed by atoms with van der Waals surface area (Å²) in [6.07, 6.45) is 0. The molecule has 1 heterocycles. The number of hydrogen-bond acceptors (Lipinski definition) is 6. The highest BCUT2D eigenvalue weighted by atomic mass is 32.2. The molecule has 3 aromatic carbocycles. The molecule has 0 aliphatic heterocycles. The van der Waals surface area contributed by atoms with Gasteiger partial charge < -0.3 is 5.32 Å². The van der Waals surface area contributed by atoms with E-state index >= 15 is 0 Å². The molecule has 0 saturated carbocycles. The minimum Gasteiger partial charge on any atom is -0.301 e. The summed E-state index contributed by atoms with van der Waals surface area (Å²) in [5.74, 6) is 0.0659. The molecule has 6 nitrogen and oxygen atoms in total. The fourth-order valence-electron chi connectivity index (χ4n) is 3.17. The van der Waals surface area contributed by atoms with Gasteiger partial charge in [-0.1, -0.05) is 48.0 Å². The minimum absolute atomic E-state index is 0.150. The minimum atomic E-state index is -3.64. The number of benzene rings is 3. The average Bonchev–Trinajstić information content (AvgIpc) is 3.19. The van der Waals surface area contributed by atoms with Crippen LogP contribution in [0.1, 0.15) is 10.4 Å². The number of rotatable bonds is 8. The van der Waals surface area contributed by atoms with Crippen molar-refractivity contribution < 1.29 is 13.2 Å². The number of aromatic nitrogens is 1. The van der Waals surface area contributed by atoms with Crippen LogP contribution in [0, 0.1) is 13.8 Å². The van der Waals surface area contributed by atoms with Crippen molar-refractivity contribution in [3.8, 4) is 11.3 Å². The maximum absolute atomic E-state index is 12.4. The van der Waals surface area contributed by atoms with Gasteiger partial charge in [-0.25, -0.2) is 13.4 Å². The molecule has 2 N–H and O–H groups in total. The molecular weight excluding hydrogens is 486 g/mol. The maximum atomic E-state index is 12.4. The van der Waals surface area contributed by atoms with Crippen LogP contribution in [0.5, 0.6) is 0 Å². The highest BCUT2D eigenvalue weighted by Gasteiger charge is 2.14. The molecule has 174 valence electrons. The Morgan fingerprint density at radius 1 is 0.941 bits per heavy atom. The number of carbonyl (C=O) groups is 1. The van der Waals surface area contributed by atoms with Gasteiger partial charge >= 0.3 is 0 Å². The Balaban J connectivity index is 1.32. The lowest BCUT2D eigenvalue weighted by Crippen LogP contribution is -2.14. The maximum Gasteiger partial charge on any atom is 0.261 e. The number of aryl methyl sites for hydroxylation is 2. The van der Waals surface area contributed by atoms with Gasteiger partial charge in [-0.05, 0) is 50.2 Å². The molecule has 0 bridgehead atoms. The van der Waals surface area contributed by atoms with Crippen LogP contribution < -0.4 is 10.0 Å². The molecule has 0 fully saturated rings. The van der Waals surface area contributed by atoms with E-state index in [1.807, 2.05) is 38.1 Å². The molecule has 0 unspecified atom stereocenters. The predicted octanol–water partition coefficient (Wildman–Crippen LogP) is 5.96.